The van der Waals surface area contributed by atoms with Crippen molar-refractivity contribution in [1.82, 2.24) is 5.32 Å². The largest absolute Gasteiger partial charge is 0.448 e. The highest BCUT2D eigenvalue weighted by Crippen LogP contribution is 2.13. The van der Waals surface area contributed by atoms with Crippen molar-refractivity contribution in [3.8, 4) is 0 Å². The quantitative estimate of drug-likeness (QED) is 0.908. The third kappa shape index (κ3) is 3.11. The number of rotatable bonds is 3. The normalized spacial score (nSPS) is 10.2. The van der Waals surface area contributed by atoms with E-state index in [4.69, 9.17) is 16.0 Å². The maximum Gasteiger partial charge on any atom is 0.251 e. The van der Waals surface area contributed by atoms with Crippen molar-refractivity contribution in [3.05, 3.63) is 58.5 Å². The van der Waals surface area contributed by atoms with Crippen LogP contribution < -0.4 is 5.32 Å². The van der Waals surface area contributed by atoms with Gasteiger partial charge in [-0.1, -0.05) is 17.7 Å². The van der Waals surface area contributed by atoms with Gasteiger partial charge in [0.1, 0.15) is 5.76 Å². The van der Waals surface area contributed by atoms with E-state index in [1.54, 1.807) is 18.2 Å². The van der Waals surface area contributed by atoms with Crippen LogP contribution in [-0.2, 0) is 6.54 Å². The molecule has 0 aliphatic carbocycles. The highest BCUT2D eigenvalue weighted by Gasteiger charge is 2.06. The molecule has 0 saturated carbocycles. The third-order valence-corrected chi connectivity index (χ3v) is 2.54. The molecule has 0 bridgehead atoms. The van der Waals surface area contributed by atoms with Crippen LogP contribution in [0.3, 0.4) is 0 Å². The fourth-order valence-corrected chi connectivity index (χ4v) is 1.66. The van der Waals surface area contributed by atoms with Gasteiger partial charge in [-0.05, 0) is 42.8 Å². The molecule has 2 aromatic rings. The summed E-state index contributed by atoms with van der Waals surface area (Å²) in [7, 11) is 0. The molecular weight excluding hydrogens is 238 g/mol. The molecule has 1 heterocycles. The van der Waals surface area contributed by atoms with Crippen LogP contribution >= 0.6 is 11.6 Å². The van der Waals surface area contributed by atoms with Crippen LogP contribution in [0.4, 0.5) is 0 Å². The second-order valence-corrected chi connectivity index (χ2v) is 4.13. The Kier molecular flexibility index (Phi) is 3.49. The summed E-state index contributed by atoms with van der Waals surface area (Å²) in [5, 5.41) is 3.09. The minimum atomic E-state index is -0.124. The maximum atomic E-state index is 11.8. The number of furan rings is 1. The van der Waals surface area contributed by atoms with E-state index < -0.39 is 0 Å². The molecule has 1 aromatic carbocycles. The van der Waals surface area contributed by atoms with Crippen LogP contribution in [0.1, 0.15) is 21.7 Å². The Bertz CT molecular complexity index is 534. The zero-order valence-electron chi connectivity index (χ0n) is 9.37. The molecule has 0 spiro atoms. The van der Waals surface area contributed by atoms with Gasteiger partial charge in [-0.3, -0.25) is 4.79 Å². The third-order valence-electron chi connectivity index (χ3n) is 2.33. The van der Waals surface area contributed by atoms with Crippen LogP contribution in [-0.4, -0.2) is 5.91 Å². The summed E-state index contributed by atoms with van der Waals surface area (Å²) in [6.07, 6.45) is 0. The first-order valence-electron chi connectivity index (χ1n) is 5.24. The average molecular weight is 250 g/mol. The van der Waals surface area contributed by atoms with Gasteiger partial charge in [0.15, 0.2) is 5.22 Å². The van der Waals surface area contributed by atoms with Gasteiger partial charge in [0.2, 0.25) is 0 Å². The number of amides is 1. The zero-order chi connectivity index (χ0) is 12.3. The maximum absolute atomic E-state index is 11.8. The van der Waals surface area contributed by atoms with Crippen molar-refractivity contribution in [2.75, 3.05) is 0 Å². The second-order valence-electron chi connectivity index (χ2n) is 3.76. The van der Waals surface area contributed by atoms with Crippen LogP contribution in [0.25, 0.3) is 0 Å². The molecule has 1 amide bonds. The molecule has 0 aliphatic rings. The Hall–Kier alpha value is -1.74. The molecule has 0 radical (unpaired) electrons. The number of hydrogen-bond acceptors (Lipinski definition) is 2. The highest BCUT2D eigenvalue weighted by atomic mass is 35.5. The lowest BCUT2D eigenvalue weighted by molar-refractivity contribution is 0.0948. The first-order valence-corrected chi connectivity index (χ1v) is 5.62. The SMILES string of the molecule is Cc1cccc(C(=O)NCc2ccc(Cl)o2)c1. The van der Waals surface area contributed by atoms with Gasteiger partial charge in [-0.25, -0.2) is 0 Å². The molecule has 0 saturated heterocycles. The topological polar surface area (TPSA) is 42.2 Å². The first-order chi connectivity index (χ1) is 8.15. The van der Waals surface area contributed by atoms with Gasteiger partial charge in [0, 0.05) is 5.56 Å². The molecule has 0 aliphatic heterocycles. The van der Waals surface area contributed by atoms with Crippen molar-refractivity contribution in [3.63, 3.8) is 0 Å². The molecule has 1 N–H and O–H groups in total. The van der Waals surface area contributed by atoms with E-state index in [1.807, 2.05) is 25.1 Å². The second kappa shape index (κ2) is 5.06. The van der Waals surface area contributed by atoms with Crippen molar-refractivity contribution >= 4 is 17.5 Å². The Morgan fingerprint density at radius 3 is 2.82 bits per heavy atom. The molecule has 0 atom stereocenters. The van der Waals surface area contributed by atoms with Crippen molar-refractivity contribution in [2.24, 2.45) is 0 Å². The summed E-state index contributed by atoms with van der Waals surface area (Å²) < 4.78 is 5.14. The average Bonchev–Trinajstić information content (AvgIpc) is 2.72. The van der Waals surface area contributed by atoms with Gasteiger partial charge in [0.25, 0.3) is 5.91 Å². The molecule has 1 aromatic heterocycles. The van der Waals surface area contributed by atoms with E-state index in [1.165, 1.54) is 0 Å². The minimum absolute atomic E-state index is 0.124. The van der Waals surface area contributed by atoms with E-state index in [-0.39, 0.29) is 5.91 Å². The van der Waals surface area contributed by atoms with Gasteiger partial charge < -0.3 is 9.73 Å². The fraction of sp³-hybridized carbons (Fsp3) is 0.154. The number of halogens is 1. The monoisotopic (exact) mass is 249 g/mol. The molecular formula is C13H12ClNO2. The number of carbonyl (C=O) groups excluding carboxylic acids is 1. The molecule has 4 heteroatoms. The van der Waals surface area contributed by atoms with Crippen LogP contribution in [0.2, 0.25) is 5.22 Å². The number of benzene rings is 1. The van der Waals surface area contributed by atoms with E-state index in [0.717, 1.165) is 5.56 Å². The number of aryl methyl sites for hydroxylation is 1. The molecule has 17 heavy (non-hydrogen) atoms. The fourth-order valence-electron chi connectivity index (χ4n) is 1.50. The van der Waals surface area contributed by atoms with Crippen LogP contribution in [0, 0.1) is 6.92 Å². The lowest BCUT2D eigenvalue weighted by Gasteiger charge is -2.03. The summed E-state index contributed by atoms with van der Waals surface area (Å²) in [6.45, 7) is 2.28. The van der Waals surface area contributed by atoms with E-state index in [9.17, 15) is 4.79 Å². The van der Waals surface area contributed by atoms with E-state index >= 15 is 0 Å². The van der Waals surface area contributed by atoms with Crippen LogP contribution in [0.5, 0.6) is 0 Å². The molecule has 88 valence electrons. The summed E-state index contributed by atoms with van der Waals surface area (Å²) in [6, 6.07) is 10.8. The lowest BCUT2D eigenvalue weighted by atomic mass is 10.1. The van der Waals surface area contributed by atoms with Gasteiger partial charge in [-0.2, -0.15) is 0 Å². The van der Waals surface area contributed by atoms with Crippen molar-refractivity contribution in [1.29, 1.82) is 0 Å². The lowest BCUT2D eigenvalue weighted by Crippen LogP contribution is -2.22. The molecule has 3 nitrogen and oxygen atoms in total. The predicted octanol–water partition coefficient (Wildman–Crippen LogP) is 3.17. The van der Waals surface area contributed by atoms with Gasteiger partial charge in [-0.15, -0.1) is 0 Å². The van der Waals surface area contributed by atoms with Crippen molar-refractivity contribution < 1.29 is 9.21 Å². The van der Waals surface area contributed by atoms with Crippen molar-refractivity contribution in [2.45, 2.75) is 13.5 Å². The zero-order valence-corrected chi connectivity index (χ0v) is 10.1. The Balaban J connectivity index is 1.98. The van der Waals surface area contributed by atoms with Crippen LogP contribution in [0.15, 0.2) is 40.8 Å². The van der Waals surface area contributed by atoms with E-state index in [0.29, 0.717) is 23.1 Å². The predicted molar refractivity (Wildman–Crippen MR) is 66.1 cm³/mol. The molecule has 2 rings (SSSR count). The highest BCUT2D eigenvalue weighted by molar-refractivity contribution is 6.28. The summed E-state index contributed by atoms with van der Waals surface area (Å²) in [5.74, 6) is 0.511. The smallest absolute Gasteiger partial charge is 0.251 e. The first kappa shape index (κ1) is 11.7. The Morgan fingerprint density at radius 1 is 1.35 bits per heavy atom. The van der Waals surface area contributed by atoms with Gasteiger partial charge in [0.05, 0.1) is 6.54 Å². The number of carbonyl (C=O) groups is 1. The summed E-state index contributed by atoms with van der Waals surface area (Å²) in [4.78, 5) is 11.8. The Labute approximate surface area is 104 Å². The Morgan fingerprint density at radius 2 is 2.18 bits per heavy atom. The minimum Gasteiger partial charge on any atom is -0.448 e. The molecule has 0 unspecified atom stereocenters. The molecule has 0 fully saturated rings. The standard InChI is InChI=1S/C13H12ClNO2/c1-9-3-2-4-10(7-9)13(16)15-8-11-5-6-12(14)17-11/h2-7H,8H2,1H3,(H,15,16). The summed E-state index contributed by atoms with van der Waals surface area (Å²) in [5.41, 5.74) is 1.70. The number of nitrogens with one attached hydrogen (secondary N) is 1. The summed E-state index contributed by atoms with van der Waals surface area (Å²) >= 11 is 5.63. The number of hydrogen-bond donors (Lipinski definition) is 1. The van der Waals surface area contributed by atoms with Gasteiger partial charge >= 0.3 is 0 Å². The van der Waals surface area contributed by atoms with E-state index in [2.05, 4.69) is 5.32 Å².